The number of aromatic nitrogens is 1. The van der Waals surface area contributed by atoms with Crippen LogP contribution in [0.1, 0.15) is 42.6 Å². The van der Waals surface area contributed by atoms with Gasteiger partial charge in [-0.1, -0.05) is 6.42 Å². The molecule has 1 aromatic heterocycles. The number of rotatable bonds is 2. The van der Waals surface area contributed by atoms with Crippen LogP contribution in [0.5, 0.6) is 0 Å². The second-order valence-electron chi connectivity index (χ2n) is 7.34. The van der Waals surface area contributed by atoms with Crippen LogP contribution in [-0.4, -0.2) is 52.8 Å². The van der Waals surface area contributed by atoms with E-state index in [2.05, 4.69) is 4.98 Å². The Balaban J connectivity index is 1.37. The monoisotopic (exact) mass is 315 g/mol. The molecule has 3 fully saturated rings. The van der Waals surface area contributed by atoms with Crippen molar-refractivity contribution < 1.29 is 9.59 Å². The molecule has 4 rings (SSSR count). The molecule has 5 heteroatoms. The summed E-state index contributed by atoms with van der Waals surface area (Å²) in [5.41, 5.74) is 0.637. The molecule has 2 bridgehead atoms. The predicted molar refractivity (Wildman–Crippen MR) is 86.8 cm³/mol. The maximum atomic E-state index is 12.9. The molecule has 2 saturated carbocycles. The van der Waals surface area contributed by atoms with E-state index in [0.717, 1.165) is 31.8 Å². The number of aromatic amines is 1. The SMILES string of the molecule is O=C(c1ccc[nH]1)N1CCCN(C(=O)[C@H]2C[C@H]3CC[C@H]2C3)CC1. The number of nitrogens with one attached hydrogen (secondary N) is 1. The van der Waals surface area contributed by atoms with Gasteiger partial charge in [0.1, 0.15) is 5.69 Å². The highest BCUT2D eigenvalue weighted by molar-refractivity contribution is 5.92. The Labute approximate surface area is 137 Å². The van der Waals surface area contributed by atoms with Crippen molar-refractivity contribution in [2.75, 3.05) is 26.2 Å². The van der Waals surface area contributed by atoms with E-state index < -0.39 is 0 Å². The van der Waals surface area contributed by atoms with E-state index in [1.807, 2.05) is 21.9 Å². The molecular formula is C18H25N3O2. The van der Waals surface area contributed by atoms with Crippen molar-refractivity contribution in [3.05, 3.63) is 24.0 Å². The minimum Gasteiger partial charge on any atom is -0.357 e. The first-order valence-corrected chi connectivity index (χ1v) is 8.94. The molecule has 5 nitrogen and oxygen atoms in total. The van der Waals surface area contributed by atoms with Gasteiger partial charge in [-0.15, -0.1) is 0 Å². The minimum absolute atomic E-state index is 0.0456. The Kier molecular flexibility index (Phi) is 3.87. The summed E-state index contributed by atoms with van der Waals surface area (Å²) in [4.78, 5) is 32.2. The summed E-state index contributed by atoms with van der Waals surface area (Å²) in [7, 11) is 0. The molecule has 0 unspecified atom stereocenters. The molecule has 0 radical (unpaired) electrons. The number of hydrogen-bond acceptors (Lipinski definition) is 2. The van der Waals surface area contributed by atoms with Crippen molar-refractivity contribution in [1.29, 1.82) is 0 Å². The van der Waals surface area contributed by atoms with Gasteiger partial charge in [0.25, 0.3) is 5.91 Å². The van der Waals surface area contributed by atoms with E-state index in [1.165, 1.54) is 19.3 Å². The third-order valence-electron chi connectivity index (χ3n) is 5.98. The molecule has 0 spiro atoms. The molecule has 2 aliphatic carbocycles. The minimum atomic E-state index is 0.0456. The summed E-state index contributed by atoms with van der Waals surface area (Å²) in [5.74, 6) is 2.09. The van der Waals surface area contributed by atoms with Crippen LogP contribution in [-0.2, 0) is 4.79 Å². The van der Waals surface area contributed by atoms with Crippen LogP contribution < -0.4 is 0 Å². The fraction of sp³-hybridized carbons (Fsp3) is 0.667. The summed E-state index contributed by atoms with van der Waals surface area (Å²) in [6, 6.07) is 3.65. The normalized spacial score (nSPS) is 30.5. The highest BCUT2D eigenvalue weighted by Crippen LogP contribution is 2.48. The molecule has 1 aromatic rings. The first kappa shape index (κ1) is 14.8. The van der Waals surface area contributed by atoms with Crippen molar-refractivity contribution in [2.24, 2.45) is 17.8 Å². The van der Waals surface area contributed by atoms with Gasteiger partial charge in [0, 0.05) is 38.3 Å². The van der Waals surface area contributed by atoms with Gasteiger partial charge in [-0.3, -0.25) is 9.59 Å². The third kappa shape index (κ3) is 2.77. The van der Waals surface area contributed by atoms with E-state index in [0.29, 0.717) is 30.6 Å². The lowest BCUT2D eigenvalue weighted by molar-refractivity contribution is -0.137. The van der Waals surface area contributed by atoms with Crippen LogP contribution in [0.3, 0.4) is 0 Å². The maximum absolute atomic E-state index is 12.9. The average Bonchev–Trinajstić information content (AvgIpc) is 3.28. The smallest absolute Gasteiger partial charge is 0.270 e. The van der Waals surface area contributed by atoms with Gasteiger partial charge < -0.3 is 14.8 Å². The molecule has 3 aliphatic rings. The Morgan fingerprint density at radius 3 is 2.57 bits per heavy atom. The summed E-state index contributed by atoms with van der Waals surface area (Å²) in [6.45, 7) is 2.85. The molecule has 2 heterocycles. The number of carbonyl (C=O) groups is 2. The van der Waals surface area contributed by atoms with Crippen LogP contribution in [0.2, 0.25) is 0 Å². The van der Waals surface area contributed by atoms with Gasteiger partial charge in [0.2, 0.25) is 5.91 Å². The highest BCUT2D eigenvalue weighted by Gasteiger charge is 2.44. The Morgan fingerprint density at radius 2 is 1.87 bits per heavy atom. The Bertz CT molecular complexity index is 583. The van der Waals surface area contributed by atoms with Gasteiger partial charge in [-0.05, 0) is 49.7 Å². The summed E-state index contributed by atoms with van der Waals surface area (Å²) < 4.78 is 0. The standard InChI is InChI=1S/C18H25N3O2/c22-17(15-12-13-4-5-14(15)11-13)20-7-2-8-21(10-9-20)18(23)16-3-1-6-19-16/h1,3,6,13-15,19H,2,4-5,7-12H2/t13-,14-,15-/m0/s1. The summed E-state index contributed by atoms with van der Waals surface area (Å²) in [6.07, 6.45) is 7.58. The number of amides is 2. The highest BCUT2D eigenvalue weighted by atomic mass is 16.2. The molecule has 1 N–H and O–H groups in total. The lowest BCUT2D eigenvalue weighted by Crippen LogP contribution is -2.41. The second-order valence-corrected chi connectivity index (χ2v) is 7.34. The van der Waals surface area contributed by atoms with Gasteiger partial charge in [0.05, 0.1) is 0 Å². The van der Waals surface area contributed by atoms with Crippen LogP contribution in [0.25, 0.3) is 0 Å². The third-order valence-corrected chi connectivity index (χ3v) is 5.98. The van der Waals surface area contributed by atoms with Crippen molar-refractivity contribution in [1.82, 2.24) is 14.8 Å². The number of hydrogen-bond donors (Lipinski definition) is 1. The Hall–Kier alpha value is -1.78. The molecule has 0 aromatic carbocycles. The second kappa shape index (κ2) is 6.02. The molecule has 124 valence electrons. The van der Waals surface area contributed by atoms with Crippen LogP contribution in [0.4, 0.5) is 0 Å². The molecule has 1 saturated heterocycles. The first-order chi connectivity index (χ1) is 11.2. The topological polar surface area (TPSA) is 56.4 Å². The number of H-pyrrole nitrogens is 1. The van der Waals surface area contributed by atoms with Gasteiger partial charge in [0.15, 0.2) is 0 Å². The lowest BCUT2D eigenvalue weighted by Gasteiger charge is -2.28. The Morgan fingerprint density at radius 1 is 1.04 bits per heavy atom. The molecule has 2 amide bonds. The van der Waals surface area contributed by atoms with Crippen LogP contribution in [0, 0.1) is 17.8 Å². The van der Waals surface area contributed by atoms with E-state index in [4.69, 9.17) is 0 Å². The van der Waals surface area contributed by atoms with Crippen molar-refractivity contribution in [3.8, 4) is 0 Å². The number of carbonyl (C=O) groups excluding carboxylic acids is 2. The zero-order valence-electron chi connectivity index (χ0n) is 13.5. The van der Waals surface area contributed by atoms with Crippen LogP contribution >= 0.6 is 0 Å². The fourth-order valence-electron chi connectivity index (χ4n) is 4.76. The van der Waals surface area contributed by atoms with Gasteiger partial charge in [-0.2, -0.15) is 0 Å². The zero-order chi connectivity index (χ0) is 15.8. The molecular weight excluding hydrogens is 290 g/mol. The lowest BCUT2D eigenvalue weighted by atomic mass is 9.87. The summed E-state index contributed by atoms with van der Waals surface area (Å²) in [5, 5.41) is 0. The largest absolute Gasteiger partial charge is 0.357 e. The number of fused-ring (bicyclic) bond motifs is 2. The van der Waals surface area contributed by atoms with E-state index in [9.17, 15) is 9.59 Å². The van der Waals surface area contributed by atoms with Crippen molar-refractivity contribution >= 4 is 11.8 Å². The molecule has 23 heavy (non-hydrogen) atoms. The number of nitrogens with zero attached hydrogens (tertiary/aromatic N) is 2. The van der Waals surface area contributed by atoms with E-state index >= 15 is 0 Å². The van der Waals surface area contributed by atoms with E-state index in [-0.39, 0.29) is 11.8 Å². The van der Waals surface area contributed by atoms with Crippen LogP contribution in [0.15, 0.2) is 18.3 Å². The maximum Gasteiger partial charge on any atom is 0.270 e. The average molecular weight is 315 g/mol. The van der Waals surface area contributed by atoms with E-state index in [1.54, 1.807) is 6.20 Å². The summed E-state index contributed by atoms with van der Waals surface area (Å²) >= 11 is 0. The van der Waals surface area contributed by atoms with Crippen molar-refractivity contribution in [2.45, 2.75) is 32.1 Å². The van der Waals surface area contributed by atoms with Gasteiger partial charge in [-0.25, -0.2) is 0 Å². The fourth-order valence-corrected chi connectivity index (χ4v) is 4.76. The first-order valence-electron chi connectivity index (χ1n) is 8.94. The van der Waals surface area contributed by atoms with Crippen molar-refractivity contribution in [3.63, 3.8) is 0 Å². The molecule has 1 aliphatic heterocycles. The molecule has 3 atom stereocenters. The predicted octanol–water partition coefficient (Wildman–Crippen LogP) is 2.13. The van der Waals surface area contributed by atoms with Gasteiger partial charge >= 0.3 is 0 Å². The zero-order valence-corrected chi connectivity index (χ0v) is 13.5. The quantitative estimate of drug-likeness (QED) is 0.909.